The second-order valence-corrected chi connectivity index (χ2v) is 14.4. The Morgan fingerprint density at radius 1 is 0.655 bits per heavy atom. The number of rotatable bonds is 26. The van der Waals surface area contributed by atoms with Crippen molar-refractivity contribution in [2.24, 2.45) is 23.3 Å². The predicted molar refractivity (Wildman–Crippen MR) is 206 cm³/mol. The minimum absolute atomic E-state index is 0.0148. The Balaban J connectivity index is 3.17. The molecule has 1 aromatic rings. The van der Waals surface area contributed by atoms with Crippen molar-refractivity contribution in [3.05, 3.63) is 29.8 Å². The van der Waals surface area contributed by atoms with Crippen LogP contribution in [0.1, 0.15) is 78.7 Å². The lowest BCUT2D eigenvalue weighted by Crippen LogP contribution is -2.61. The number of aliphatic hydroxyl groups is 1. The van der Waals surface area contributed by atoms with Crippen LogP contribution >= 0.6 is 0 Å². The maximum atomic E-state index is 13.7. The van der Waals surface area contributed by atoms with E-state index < -0.39 is 121 Å². The van der Waals surface area contributed by atoms with Gasteiger partial charge < -0.3 is 63.8 Å². The molecule has 0 radical (unpaired) electrons. The average molecular weight is 823 g/mol. The van der Waals surface area contributed by atoms with Crippen molar-refractivity contribution in [2.75, 3.05) is 6.61 Å². The molecule has 0 aromatic heterocycles. The zero-order valence-electron chi connectivity index (χ0n) is 33.3. The number of carboxylic acid groups (broad SMARTS) is 2. The number of benzene rings is 1. The molecule has 58 heavy (non-hydrogen) atoms. The van der Waals surface area contributed by atoms with Crippen molar-refractivity contribution in [2.45, 2.75) is 122 Å². The van der Waals surface area contributed by atoms with Crippen LogP contribution in [-0.2, 0) is 49.6 Å². The third-order valence-electron chi connectivity index (χ3n) is 9.01. The molecule has 0 aliphatic carbocycles. The van der Waals surface area contributed by atoms with E-state index in [2.05, 4.69) is 31.9 Å². The Labute approximate surface area is 335 Å². The molecule has 0 spiro atoms. The van der Waals surface area contributed by atoms with Crippen LogP contribution in [0.15, 0.2) is 24.3 Å². The van der Waals surface area contributed by atoms with Crippen LogP contribution in [0.5, 0.6) is 5.75 Å². The Morgan fingerprint density at radius 3 is 1.71 bits per heavy atom. The first-order valence-corrected chi connectivity index (χ1v) is 18.8. The quantitative estimate of drug-likeness (QED) is 0.0460. The number of hydrogen-bond donors (Lipinski definition) is 12. The first-order valence-electron chi connectivity index (χ1n) is 18.8. The topological polar surface area (TPSA) is 359 Å². The zero-order chi connectivity index (χ0) is 44.3. The van der Waals surface area contributed by atoms with Crippen LogP contribution in [0.3, 0.4) is 0 Å². The van der Waals surface area contributed by atoms with Crippen molar-refractivity contribution >= 4 is 53.3 Å². The minimum atomic E-state index is -1.55. The average Bonchev–Trinajstić information content (AvgIpc) is 3.15. The first-order chi connectivity index (χ1) is 27.1. The summed E-state index contributed by atoms with van der Waals surface area (Å²) < 4.78 is 0. The van der Waals surface area contributed by atoms with Crippen molar-refractivity contribution in [1.29, 1.82) is 0 Å². The molecule has 0 heterocycles. The van der Waals surface area contributed by atoms with E-state index in [9.17, 15) is 63.6 Å². The molecule has 0 aliphatic rings. The molecule has 0 aliphatic heterocycles. The fourth-order valence-corrected chi connectivity index (χ4v) is 5.37. The van der Waals surface area contributed by atoms with Crippen LogP contribution in [-0.4, -0.2) is 123 Å². The zero-order valence-corrected chi connectivity index (χ0v) is 33.3. The first kappa shape index (κ1) is 50.2. The summed E-state index contributed by atoms with van der Waals surface area (Å²) in [5, 5.41) is 52.8. The number of aliphatic carboxylic acids is 2. The summed E-state index contributed by atoms with van der Waals surface area (Å²) in [6.07, 6.45) is -1.14. The number of carboxylic acids is 2. The van der Waals surface area contributed by atoms with Crippen LogP contribution in [0, 0.1) is 11.8 Å². The third kappa shape index (κ3) is 18.0. The number of phenolic OH excluding ortho intramolecular Hbond substituents is 1. The molecular weight excluding hydrogens is 764 g/mol. The Kier molecular flexibility index (Phi) is 21.4. The van der Waals surface area contributed by atoms with Gasteiger partial charge in [-0.05, 0) is 55.7 Å². The summed E-state index contributed by atoms with van der Waals surface area (Å²) in [7, 11) is 0. The standard InChI is InChI=1S/C37H58N8O13/c1-6-19(4)30(45-35(55)27(17-46)44-32(52)23(38)11-13-28(39)48)36(56)42-25(15-18(2)3)34(54)41-24(12-14-29(49)50)33(53)40-20(5)31(51)43-26(37(57)58)16-21-7-9-22(47)10-8-21/h7-10,18-20,23-27,30,46-47H,6,11-17,38H2,1-5H3,(H2,39,48)(H,40,53)(H,41,54)(H,42,56)(H,43,51)(H,44,52)(H,45,55)(H,49,50)(H,57,58)/t19-,20-,23+,24-,25-,26-,27-,30-/m1/s1. The molecule has 0 fully saturated rings. The highest BCUT2D eigenvalue weighted by Gasteiger charge is 2.35. The fourth-order valence-electron chi connectivity index (χ4n) is 5.37. The van der Waals surface area contributed by atoms with Crippen molar-refractivity contribution in [3.63, 3.8) is 0 Å². The van der Waals surface area contributed by atoms with E-state index in [1.807, 2.05) is 0 Å². The summed E-state index contributed by atoms with van der Waals surface area (Å²) >= 11 is 0. The van der Waals surface area contributed by atoms with Crippen molar-refractivity contribution in [1.82, 2.24) is 31.9 Å². The molecule has 1 rings (SSSR count). The lowest BCUT2D eigenvalue weighted by atomic mass is 9.96. The number of nitrogens with one attached hydrogen (secondary N) is 6. The van der Waals surface area contributed by atoms with E-state index in [0.29, 0.717) is 12.0 Å². The second kappa shape index (κ2) is 24.7. The van der Waals surface area contributed by atoms with E-state index in [-0.39, 0.29) is 37.4 Å². The van der Waals surface area contributed by atoms with E-state index in [4.69, 9.17) is 11.5 Å². The van der Waals surface area contributed by atoms with E-state index >= 15 is 0 Å². The molecule has 21 nitrogen and oxygen atoms in total. The summed E-state index contributed by atoms with van der Waals surface area (Å²) in [5.74, 6) is -9.63. The van der Waals surface area contributed by atoms with Gasteiger partial charge >= 0.3 is 11.9 Å². The molecule has 0 unspecified atom stereocenters. The number of carbonyl (C=O) groups excluding carboxylic acids is 7. The molecule has 8 atom stereocenters. The van der Waals surface area contributed by atoms with E-state index in [0.717, 1.165) is 0 Å². The third-order valence-corrected chi connectivity index (χ3v) is 9.01. The molecular formula is C37H58N8O13. The number of nitrogens with two attached hydrogens (primary N) is 2. The van der Waals surface area contributed by atoms with Gasteiger partial charge in [-0.2, -0.15) is 0 Å². The lowest BCUT2D eigenvalue weighted by molar-refractivity contribution is -0.142. The number of aliphatic hydroxyl groups excluding tert-OH is 1. The van der Waals surface area contributed by atoms with Crippen LogP contribution in [0.25, 0.3) is 0 Å². The molecule has 0 saturated heterocycles. The Hall–Kier alpha value is -5.83. The van der Waals surface area contributed by atoms with Gasteiger partial charge in [0.15, 0.2) is 0 Å². The van der Waals surface area contributed by atoms with Gasteiger partial charge in [0, 0.05) is 19.3 Å². The number of carbonyl (C=O) groups is 9. The van der Waals surface area contributed by atoms with Gasteiger partial charge in [-0.25, -0.2) is 4.79 Å². The maximum absolute atomic E-state index is 13.7. The lowest BCUT2D eigenvalue weighted by Gasteiger charge is -2.29. The highest BCUT2D eigenvalue weighted by atomic mass is 16.4. The van der Waals surface area contributed by atoms with Gasteiger partial charge in [-0.3, -0.25) is 38.4 Å². The number of amides is 7. The van der Waals surface area contributed by atoms with Gasteiger partial charge in [0.1, 0.15) is 42.0 Å². The molecule has 0 bridgehead atoms. The summed E-state index contributed by atoms with van der Waals surface area (Å²) in [4.78, 5) is 114. The maximum Gasteiger partial charge on any atom is 0.326 e. The number of aromatic hydroxyl groups is 1. The molecule has 1 aromatic carbocycles. The highest BCUT2D eigenvalue weighted by molar-refractivity contribution is 5.97. The summed E-state index contributed by atoms with van der Waals surface area (Å²) in [6, 6.07) is -4.09. The smallest absolute Gasteiger partial charge is 0.326 e. The van der Waals surface area contributed by atoms with Crippen LogP contribution < -0.4 is 43.4 Å². The highest BCUT2D eigenvalue weighted by Crippen LogP contribution is 2.14. The van der Waals surface area contributed by atoms with Crippen molar-refractivity contribution < 1.29 is 63.6 Å². The van der Waals surface area contributed by atoms with Gasteiger partial charge in [0.05, 0.1) is 12.6 Å². The van der Waals surface area contributed by atoms with E-state index in [1.165, 1.54) is 31.2 Å². The largest absolute Gasteiger partial charge is 0.508 e. The number of hydrogen-bond acceptors (Lipinski definition) is 12. The van der Waals surface area contributed by atoms with Gasteiger partial charge in [0.2, 0.25) is 41.4 Å². The van der Waals surface area contributed by atoms with Gasteiger partial charge in [0.25, 0.3) is 0 Å². The van der Waals surface area contributed by atoms with Crippen molar-refractivity contribution in [3.8, 4) is 5.75 Å². The van der Waals surface area contributed by atoms with E-state index in [1.54, 1.807) is 27.7 Å². The van der Waals surface area contributed by atoms with Gasteiger partial charge in [-0.1, -0.05) is 46.2 Å². The molecule has 7 amide bonds. The Morgan fingerprint density at radius 2 is 1.19 bits per heavy atom. The molecule has 14 N–H and O–H groups in total. The van der Waals surface area contributed by atoms with Crippen LogP contribution in [0.2, 0.25) is 0 Å². The van der Waals surface area contributed by atoms with Gasteiger partial charge in [-0.15, -0.1) is 0 Å². The molecule has 0 saturated carbocycles. The normalized spacial score (nSPS) is 15.2. The summed E-state index contributed by atoms with van der Waals surface area (Å²) in [5.41, 5.74) is 11.3. The monoisotopic (exact) mass is 822 g/mol. The SMILES string of the molecule is CC[C@@H](C)[C@@H](NC(=O)[C@@H](CO)NC(=O)[C@@H](N)CCC(N)=O)C(=O)N[C@H](CC(C)C)C(=O)N[C@H](CCC(=O)O)C(=O)N[C@H](C)C(=O)N[C@H](Cc1ccc(O)cc1)C(=O)O. The van der Waals surface area contributed by atoms with Crippen LogP contribution in [0.4, 0.5) is 0 Å². The second-order valence-electron chi connectivity index (χ2n) is 14.4. The fraction of sp³-hybridized carbons (Fsp3) is 0.595. The molecule has 21 heteroatoms. The molecule has 324 valence electrons. The predicted octanol–water partition coefficient (Wildman–Crippen LogP) is -2.51. The number of primary amides is 1. The Bertz CT molecular complexity index is 1610. The minimum Gasteiger partial charge on any atom is -0.508 e. The summed E-state index contributed by atoms with van der Waals surface area (Å²) in [6.45, 7) is 7.20. The number of phenols is 1.